The van der Waals surface area contributed by atoms with Crippen LogP contribution in [0.1, 0.15) is 24.7 Å². The molecular weight excluding hydrogens is 479 g/mol. The van der Waals surface area contributed by atoms with Gasteiger partial charge in [0, 0.05) is 27.9 Å². The van der Waals surface area contributed by atoms with E-state index >= 15 is 0 Å². The van der Waals surface area contributed by atoms with Crippen LogP contribution in [0.3, 0.4) is 0 Å². The Labute approximate surface area is 206 Å². The first-order valence-electron chi connectivity index (χ1n) is 10.5. The molecule has 1 aliphatic rings. The molecule has 1 atom stereocenters. The number of halogens is 3. The molecular formula is C25H19Cl3N4O. The van der Waals surface area contributed by atoms with Gasteiger partial charge in [0.2, 0.25) is 11.8 Å². The Morgan fingerprint density at radius 3 is 2.42 bits per heavy atom. The second kappa shape index (κ2) is 9.65. The largest absolute Gasteiger partial charge is 0.420 e. The van der Waals surface area contributed by atoms with Crippen molar-refractivity contribution >= 4 is 34.8 Å². The molecule has 1 N–H and O–H groups in total. The maximum atomic E-state index is 6.64. The first kappa shape index (κ1) is 22.1. The predicted molar refractivity (Wildman–Crippen MR) is 132 cm³/mol. The molecule has 5 nitrogen and oxygen atoms in total. The summed E-state index contributed by atoms with van der Waals surface area (Å²) in [5.74, 6) is 1.48. The van der Waals surface area contributed by atoms with Crippen LogP contribution in [-0.2, 0) is 0 Å². The lowest BCUT2D eigenvalue weighted by Crippen LogP contribution is -2.17. The Kier molecular flexibility index (Phi) is 6.47. The second-order valence-electron chi connectivity index (χ2n) is 7.66. The Balaban J connectivity index is 1.77. The van der Waals surface area contributed by atoms with Crippen LogP contribution in [0.25, 0.3) is 22.4 Å². The van der Waals surface area contributed by atoms with Crippen LogP contribution in [0.4, 0.5) is 0 Å². The maximum absolute atomic E-state index is 6.64. The van der Waals surface area contributed by atoms with Gasteiger partial charge in [0.1, 0.15) is 5.82 Å². The van der Waals surface area contributed by atoms with Gasteiger partial charge in [-0.1, -0.05) is 53.0 Å². The number of nitrogens with zero attached hydrogens (tertiary/aromatic N) is 3. The fraction of sp³-hybridized carbons (Fsp3) is 0.160. The molecule has 0 aliphatic carbocycles. The number of nitrogens with one attached hydrogen (secondary N) is 1. The van der Waals surface area contributed by atoms with Gasteiger partial charge in [-0.05, 0) is 61.3 Å². The van der Waals surface area contributed by atoms with Crippen molar-refractivity contribution in [3.63, 3.8) is 0 Å². The van der Waals surface area contributed by atoms with E-state index in [0.29, 0.717) is 43.9 Å². The summed E-state index contributed by atoms with van der Waals surface area (Å²) >= 11 is 19.0. The van der Waals surface area contributed by atoms with E-state index in [-0.39, 0.29) is 6.04 Å². The van der Waals surface area contributed by atoms with Gasteiger partial charge in [-0.3, -0.25) is 0 Å². The minimum Gasteiger partial charge on any atom is -0.420 e. The molecule has 1 fully saturated rings. The van der Waals surface area contributed by atoms with E-state index in [1.54, 1.807) is 24.4 Å². The summed E-state index contributed by atoms with van der Waals surface area (Å²) < 4.78 is 6.23. The zero-order valence-corrected chi connectivity index (χ0v) is 19.7. The SMILES string of the molecule is Clc1ccc(-c2c(Oc3ccccn3)nc(C3CCCN3)nc2-c2ccc(Cl)cc2Cl)cc1. The quantitative estimate of drug-likeness (QED) is 0.312. The van der Waals surface area contributed by atoms with Crippen LogP contribution in [-0.4, -0.2) is 21.5 Å². The Morgan fingerprint density at radius 2 is 1.73 bits per heavy atom. The summed E-state index contributed by atoms with van der Waals surface area (Å²) in [5, 5.41) is 5.14. The van der Waals surface area contributed by atoms with Gasteiger partial charge in [-0.15, -0.1) is 0 Å². The summed E-state index contributed by atoms with van der Waals surface area (Å²) in [5.41, 5.74) is 2.93. The van der Waals surface area contributed by atoms with Gasteiger partial charge < -0.3 is 10.1 Å². The fourth-order valence-electron chi connectivity index (χ4n) is 3.85. The molecule has 2 aromatic carbocycles. The van der Waals surface area contributed by atoms with Crippen molar-refractivity contribution in [2.75, 3.05) is 6.54 Å². The number of ether oxygens (including phenoxy) is 1. The summed E-state index contributed by atoms with van der Waals surface area (Å²) in [6, 6.07) is 18.3. The van der Waals surface area contributed by atoms with Gasteiger partial charge >= 0.3 is 0 Å². The summed E-state index contributed by atoms with van der Waals surface area (Å²) in [6.07, 6.45) is 3.67. The fourth-order valence-corrected chi connectivity index (χ4v) is 4.47. The Bertz CT molecular complexity index is 1280. The topological polar surface area (TPSA) is 59.9 Å². The van der Waals surface area contributed by atoms with E-state index in [4.69, 9.17) is 49.5 Å². The van der Waals surface area contributed by atoms with Crippen molar-refractivity contribution in [3.05, 3.63) is 87.8 Å². The highest BCUT2D eigenvalue weighted by atomic mass is 35.5. The van der Waals surface area contributed by atoms with Crippen molar-refractivity contribution in [2.24, 2.45) is 0 Å². The van der Waals surface area contributed by atoms with Gasteiger partial charge in [-0.25, -0.2) is 9.97 Å². The minimum absolute atomic E-state index is 0.0279. The Hall–Kier alpha value is -2.70. The third kappa shape index (κ3) is 4.82. The molecule has 2 aromatic heterocycles. The van der Waals surface area contributed by atoms with Crippen LogP contribution in [0.5, 0.6) is 11.8 Å². The standard InChI is InChI=1S/C25H19Cl3N4O/c26-16-8-6-15(7-9-16)22-23(18-11-10-17(27)14-19(18)28)31-24(20-4-3-13-29-20)32-25(22)33-21-5-1-2-12-30-21/h1-2,5-12,14,20,29H,3-4,13H2. The highest BCUT2D eigenvalue weighted by Gasteiger charge is 2.26. The second-order valence-corrected chi connectivity index (χ2v) is 8.94. The number of hydrogen-bond acceptors (Lipinski definition) is 5. The Morgan fingerprint density at radius 1 is 0.909 bits per heavy atom. The molecule has 3 heterocycles. The van der Waals surface area contributed by atoms with E-state index in [0.717, 1.165) is 30.5 Å². The summed E-state index contributed by atoms with van der Waals surface area (Å²) in [4.78, 5) is 14.1. The third-order valence-electron chi connectivity index (χ3n) is 5.42. The number of hydrogen-bond donors (Lipinski definition) is 1. The molecule has 0 amide bonds. The van der Waals surface area contributed by atoms with Crippen molar-refractivity contribution in [3.8, 4) is 34.1 Å². The van der Waals surface area contributed by atoms with Crippen LogP contribution in [0, 0.1) is 0 Å². The molecule has 1 aliphatic heterocycles. The molecule has 8 heteroatoms. The van der Waals surface area contributed by atoms with Crippen LogP contribution >= 0.6 is 34.8 Å². The molecule has 33 heavy (non-hydrogen) atoms. The third-order valence-corrected chi connectivity index (χ3v) is 6.22. The molecule has 166 valence electrons. The molecule has 0 bridgehead atoms. The molecule has 0 saturated carbocycles. The first-order valence-corrected chi connectivity index (χ1v) is 11.7. The maximum Gasteiger partial charge on any atom is 0.233 e. The summed E-state index contributed by atoms with van der Waals surface area (Å²) in [7, 11) is 0. The predicted octanol–water partition coefficient (Wildman–Crippen LogP) is 7.38. The molecule has 1 unspecified atom stereocenters. The van der Waals surface area contributed by atoms with Crippen molar-refractivity contribution in [1.82, 2.24) is 20.3 Å². The first-order chi connectivity index (χ1) is 16.1. The normalized spacial score (nSPS) is 15.5. The highest BCUT2D eigenvalue weighted by molar-refractivity contribution is 6.36. The van der Waals surface area contributed by atoms with E-state index in [2.05, 4.69) is 10.3 Å². The molecule has 0 spiro atoms. The van der Waals surface area contributed by atoms with Crippen LogP contribution in [0.2, 0.25) is 15.1 Å². The smallest absolute Gasteiger partial charge is 0.233 e. The molecule has 4 aromatic rings. The zero-order valence-electron chi connectivity index (χ0n) is 17.4. The number of aromatic nitrogens is 3. The van der Waals surface area contributed by atoms with Gasteiger partial charge in [0.05, 0.1) is 22.3 Å². The molecule has 1 saturated heterocycles. The van der Waals surface area contributed by atoms with Crippen LogP contribution in [0.15, 0.2) is 66.9 Å². The molecule has 5 rings (SSSR count). The lowest BCUT2D eigenvalue weighted by Gasteiger charge is -2.19. The van der Waals surface area contributed by atoms with E-state index in [1.165, 1.54) is 0 Å². The zero-order chi connectivity index (χ0) is 22.8. The highest BCUT2D eigenvalue weighted by Crippen LogP contribution is 2.42. The minimum atomic E-state index is 0.0279. The number of pyridine rings is 1. The lowest BCUT2D eigenvalue weighted by molar-refractivity contribution is 0.438. The number of benzene rings is 2. The van der Waals surface area contributed by atoms with E-state index in [9.17, 15) is 0 Å². The van der Waals surface area contributed by atoms with Crippen LogP contribution < -0.4 is 10.1 Å². The average Bonchev–Trinajstić information content (AvgIpc) is 3.35. The van der Waals surface area contributed by atoms with Crippen molar-refractivity contribution in [1.29, 1.82) is 0 Å². The van der Waals surface area contributed by atoms with Crippen molar-refractivity contribution < 1.29 is 4.74 Å². The van der Waals surface area contributed by atoms with Gasteiger partial charge in [-0.2, -0.15) is 4.98 Å². The lowest BCUT2D eigenvalue weighted by atomic mass is 9.99. The van der Waals surface area contributed by atoms with Crippen molar-refractivity contribution in [2.45, 2.75) is 18.9 Å². The van der Waals surface area contributed by atoms with E-state index < -0.39 is 0 Å². The average molecular weight is 498 g/mol. The van der Waals surface area contributed by atoms with E-state index in [1.807, 2.05) is 42.5 Å². The monoisotopic (exact) mass is 496 g/mol. The van der Waals surface area contributed by atoms with Gasteiger partial charge in [0.15, 0.2) is 0 Å². The summed E-state index contributed by atoms with van der Waals surface area (Å²) in [6.45, 7) is 0.917. The number of rotatable bonds is 5. The molecule has 0 radical (unpaired) electrons. The van der Waals surface area contributed by atoms with Gasteiger partial charge in [0.25, 0.3) is 0 Å².